The van der Waals surface area contributed by atoms with Crippen molar-refractivity contribution in [1.82, 2.24) is 10.2 Å². The van der Waals surface area contributed by atoms with E-state index in [1.165, 1.54) is 11.3 Å². The minimum Gasteiger partial charge on any atom is -0.192 e. The second-order valence-electron chi connectivity index (χ2n) is 3.58. The maximum absolute atomic E-state index is 9.11. The molecule has 0 aliphatic heterocycles. The number of nitrogens with zero attached hydrogens (tertiary/aromatic N) is 3. The zero-order valence-corrected chi connectivity index (χ0v) is 10.8. The van der Waals surface area contributed by atoms with Gasteiger partial charge in [0, 0.05) is 10.3 Å². The molecule has 0 saturated heterocycles. The van der Waals surface area contributed by atoms with Crippen molar-refractivity contribution in [3.63, 3.8) is 0 Å². The van der Waals surface area contributed by atoms with E-state index in [4.69, 9.17) is 5.26 Å². The van der Waals surface area contributed by atoms with Gasteiger partial charge in [0.25, 0.3) is 0 Å². The Balaban J connectivity index is 2.16. The molecule has 0 fully saturated rings. The first-order valence-corrected chi connectivity index (χ1v) is 6.94. The van der Waals surface area contributed by atoms with Crippen molar-refractivity contribution >= 4 is 33.9 Å². The summed E-state index contributed by atoms with van der Waals surface area (Å²) in [6.45, 7) is 0. The van der Waals surface area contributed by atoms with E-state index in [0.29, 0.717) is 5.56 Å². The molecule has 3 aromatic rings. The lowest BCUT2D eigenvalue weighted by Crippen LogP contribution is -1.83. The second-order valence-corrected chi connectivity index (χ2v) is 5.70. The van der Waals surface area contributed by atoms with Crippen LogP contribution >= 0.6 is 23.1 Å². The Morgan fingerprint density at radius 2 is 1.94 bits per heavy atom. The molecular formula is C13H7N3S2. The molecule has 0 aliphatic rings. The van der Waals surface area contributed by atoms with E-state index in [9.17, 15) is 0 Å². The average molecular weight is 269 g/mol. The van der Waals surface area contributed by atoms with E-state index in [-0.39, 0.29) is 0 Å². The van der Waals surface area contributed by atoms with Crippen LogP contribution in [0.5, 0.6) is 0 Å². The van der Waals surface area contributed by atoms with Gasteiger partial charge in [-0.05, 0) is 17.5 Å². The first-order valence-electron chi connectivity index (χ1n) is 5.24. The largest absolute Gasteiger partial charge is 0.192 e. The predicted octanol–water partition coefficient (Wildman–Crippen LogP) is 3.71. The van der Waals surface area contributed by atoms with Crippen molar-refractivity contribution in [2.75, 3.05) is 0 Å². The first-order chi connectivity index (χ1) is 8.88. The highest BCUT2D eigenvalue weighted by Gasteiger charge is 2.08. The molecule has 0 unspecified atom stereocenters. The molecule has 0 spiro atoms. The van der Waals surface area contributed by atoms with Gasteiger partial charge in [0.2, 0.25) is 0 Å². The monoisotopic (exact) mass is 269 g/mol. The molecule has 5 heteroatoms. The summed E-state index contributed by atoms with van der Waals surface area (Å²) in [6.07, 6.45) is 0. The van der Waals surface area contributed by atoms with Gasteiger partial charge in [-0.2, -0.15) is 5.26 Å². The molecule has 0 aliphatic carbocycles. The van der Waals surface area contributed by atoms with Gasteiger partial charge in [0.15, 0.2) is 4.34 Å². The van der Waals surface area contributed by atoms with Crippen molar-refractivity contribution in [3.8, 4) is 6.07 Å². The van der Waals surface area contributed by atoms with Gasteiger partial charge in [-0.15, -0.1) is 10.2 Å². The summed E-state index contributed by atoms with van der Waals surface area (Å²) in [6, 6.07) is 14.0. The predicted molar refractivity (Wildman–Crippen MR) is 72.7 cm³/mol. The average Bonchev–Trinajstić information content (AvgIpc) is 2.92. The highest BCUT2D eigenvalue weighted by atomic mass is 32.2. The summed E-state index contributed by atoms with van der Waals surface area (Å²) in [7, 11) is 0. The fourth-order valence-corrected chi connectivity index (χ4v) is 3.33. The van der Waals surface area contributed by atoms with Gasteiger partial charge in [-0.25, -0.2) is 0 Å². The van der Waals surface area contributed by atoms with E-state index in [0.717, 1.165) is 20.0 Å². The van der Waals surface area contributed by atoms with Gasteiger partial charge < -0.3 is 0 Å². The summed E-state index contributed by atoms with van der Waals surface area (Å²) in [4.78, 5) is 1.10. The molecule has 1 aromatic heterocycles. The van der Waals surface area contributed by atoms with Crippen LogP contribution in [0.4, 0.5) is 0 Å². The van der Waals surface area contributed by atoms with Gasteiger partial charge >= 0.3 is 0 Å². The minimum absolute atomic E-state index is 0.701. The quantitative estimate of drug-likeness (QED) is 0.711. The van der Waals surface area contributed by atoms with Crippen LogP contribution < -0.4 is 0 Å². The lowest BCUT2D eigenvalue weighted by molar-refractivity contribution is 1.01. The van der Waals surface area contributed by atoms with Crippen LogP contribution in [0.2, 0.25) is 0 Å². The zero-order chi connectivity index (χ0) is 12.4. The molecule has 3 rings (SSSR count). The van der Waals surface area contributed by atoms with Crippen LogP contribution in [0, 0.1) is 11.3 Å². The SMILES string of the molecule is N#Cc1ccc(Sc2nncs2)c2ccccc12. The molecule has 86 valence electrons. The smallest absolute Gasteiger partial charge is 0.178 e. The van der Waals surface area contributed by atoms with Gasteiger partial charge in [0.05, 0.1) is 11.6 Å². The molecule has 2 aromatic carbocycles. The third kappa shape index (κ3) is 1.96. The number of rotatable bonds is 2. The van der Waals surface area contributed by atoms with Crippen LogP contribution in [0.3, 0.4) is 0 Å². The molecule has 0 radical (unpaired) electrons. The molecule has 0 atom stereocenters. The fourth-order valence-electron chi connectivity index (χ4n) is 1.76. The molecule has 3 nitrogen and oxygen atoms in total. The third-order valence-corrected chi connectivity index (χ3v) is 4.40. The topological polar surface area (TPSA) is 49.6 Å². The second kappa shape index (κ2) is 4.77. The standard InChI is InChI=1S/C13H7N3S2/c14-7-9-5-6-12(18-13-16-15-8-17-13)11-4-2-1-3-10(9)11/h1-6,8H. The van der Waals surface area contributed by atoms with Gasteiger partial charge in [-0.1, -0.05) is 47.4 Å². The van der Waals surface area contributed by atoms with Crippen molar-refractivity contribution < 1.29 is 0 Å². The highest BCUT2D eigenvalue weighted by molar-refractivity contribution is 8.01. The minimum atomic E-state index is 0.701. The number of fused-ring (bicyclic) bond motifs is 1. The van der Waals surface area contributed by atoms with E-state index in [1.54, 1.807) is 17.3 Å². The first kappa shape index (κ1) is 11.2. The Morgan fingerprint density at radius 3 is 2.67 bits per heavy atom. The van der Waals surface area contributed by atoms with Crippen LogP contribution in [-0.2, 0) is 0 Å². The Labute approximate surface area is 112 Å². The molecule has 1 heterocycles. The van der Waals surface area contributed by atoms with Crippen LogP contribution in [0.15, 0.2) is 51.1 Å². The number of nitriles is 1. The molecule has 0 N–H and O–H groups in total. The van der Waals surface area contributed by atoms with Crippen LogP contribution in [-0.4, -0.2) is 10.2 Å². The van der Waals surface area contributed by atoms with Crippen molar-refractivity contribution in [1.29, 1.82) is 5.26 Å². The van der Waals surface area contributed by atoms with Gasteiger partial charge in [0.1, 0.15) is 5.51 Å². The summed E-state index contributed by atoms with van der Waals surface area (Å²) in [5.74, 6) is 0. The van der Waals surface area contributed by atoms with Crippen molar-refractivity contribution in [2.45, 2.75) is 9.24 Å². The van der Waals surface area contributed by atoms with E-state index in [1.807, 2.05) is 36.4 Å². The zero-order valence-electron chi connectivity index (χ0n) is 9.20. The lowest BCUT2D eigenvalue weighted by atomic mass is 10.1. The maximum Gasteiger partial charge on any atom is 0.178 e. The molecule has 0 amide bonds. The van der Waals surface area contributed by atoms with E-state index < -0.39 is 0 Å². The van der Waals surface area contributed by atoms with Crippen LogP contribution in [0.1, 0.15) is 5.56 Å². The third-order valence-electron chi connectivity index (χ3n) is 2.54. The Bertz CT molecular complexity index is 730. The van der Waals surface area contributed by atoms with Gasteiger partial charge in [-0.3, -0.25) is 0 Å². The Hall–Kier alpha value is -1.90. The molecular weight excluding hydrogens is 262 g/mol. The molecule has 0 saturated carbocycles. The Morgan fingerprint density at radius 1 is 1.11 bits per heavy atom. The molecule has 18 heavy (non-hydrogen) atoms. The fraction of sp³-hybridized carbons (Fsp3) is 0. The number of aromatic nitrogens is 2. The van der Waals surface area contributed by atoms with Crippen molar-refractivity contribution in [2.24, 2.45) is 0 Å². The van der Waals surface area contributed by atoms with E-state index in [2.05, 4.69) is 16.3 Å². The Kier molecular flexibility index (Phi) is 2.97. The number of hydrogen-bond donors (Lipinski definition) is 0. The summed E-state index contributed by atoms with van der Waals surface area (Å²) in [5.41, 5.74) is 2.42. The van der Waals surface area contributed by atoms with Crippen LogP contribution in [0.25, 0.3) is 10.8 Å². The number of hydrogen-bond acceptors (Lipinski definition) is 5. The lowest BCUT2D eigenvalue weighted by Gasteiger charge is -2.05. The number of benzene rings is 2. The summed E-state index contributed by atoms with van der Waals surface area (Å²) in [5, 5.41) is 19.0. The van der Waals surface area contributed by atoms with E-state index >= 15 is 0 Å². The summed E-state index contributed by atoms with van der Waals surface area (Å²) >= 11 is 3.09. The summed E-state index contributed by atoms with van der Waals surface area (Å²) < 4.78 is 0.907. The normalized spacial score (nSPS) is 10.4. The maximum atomic E-state index is 9.11. The van der Waals surface area contributed by atoms with Crippen molar-refractivity contribution in [3.05, 3.63) is 47.5 Å². The molecule has 0 bridgehead atoms. The highest BCUT2D eigenvalue weighted by Crippen LogP contribution is 2.35.